The molecular weight excluding hydrogens is 250 g/mol. The fourth-order valence-corrected chi connectivity index (χ4v) is 2.39. The van der Waals surface area contributed by atoms with E-state index >= 15 is 0 Å². The molecule has 0 unspecified atom stereocenters. The van der Waals surface area contributed by atoms with Crippen molar-refractivity contribution in [3.05, 3.63) is 16.5 Å². The second kappa shape index (κ2) is 6.82. The van der Waals surface area contributed by atoms with Crippen LogP contribution in [-0.4, -0.2) is 17.0 Å². The van der Waals surface area contributed by atoms with E-state index in [-0.39, 0.29) is 11.5 Å². The SMILES string of the molecule is C#CCCCCC(=O)Nc1sc(C)cc1C(=O)O. The van der Waals surface area contributed by atoms with Crippen LogP contribution in [0, 0.1) is 19.3 Å². The van der Waals surface area contributed by atoms with Gasteiger partial charge in [-0.1, -0.05) is 0 Å². The lowest BCUT2D eigenvalue weighted by molar-refractivity contribution is -0.116. The molecule has 1 aromatic heterocycles. The predicted octanol–water partition coefficient (Wildman–Crippen LogP) is 2.89. The summed E-state index contributed by atoms with van der Waals surface area (Å²) in [5.41, 5.74) is 0.148. The molecule has 0 bridgehead atoms. The third kappa shape index (κ3) is 4.22. The number of aryl methyl sites for hydroxylation is 1. The highest BCUT2D eigenvalue weighted by Gasteiger charge is 2.15. The van der Waals surface area contributed by atoms with Crippen molar-refractivity contribution in [1.82, 2.24) is 0 Å². The molecule has 5 heteroatoms. The lowest BCUT2D eigenvalue weighted by Gasteiger charge is -2.03. The van der Waals surface area contributed by atoms with Crippen molar-refractivity contribution in [2.45, 2.75) is 32.6 Å². The van der Waals surface area contributed by atoms with Gasteiger partial charge in [0.05, 0.1) is 5.56 Å². The Balaban J connectivity index is 2.54. The molecule has 0 fully saturated rings. The van der Waals surface area contributed by atoms with Crippen LogP contribution in [0.2, 0.25) is 0 Å². The normalized spacial score (nSPS) is 9.78. The first-order valence-electron chi connectivity index (χ1n) is 5.61. The number of amides is 1. The van der Waals surface area contributed by atoms with Crippen molar-refractivity contribution in [3.63, 3.8) is 0 Å². The molecule has 0 atom stereocenters. The van der Waals surface area contributed by atoms with Gasteiger partial charge in [-0.2, -0.15) is 0 Å². The van der Waals surface area contributed by atoms with E-state index in [1.54, 1.807) is 13.0 Å². The molecule has 0 aromatic carbocycles. The van der Waals surface area contributed by atoms with Gasteiger partial charge in [-0.3, -0.25) is 4.79 Å². The summed E-state index contributed by atoms with van der Waals surface area (Å²) >= 11 is 1.27. The van der Waals surface area contributed by atoms with Gasteiger partial charge in [-0.15, -0.1) is 23.7 Å². The van der Waals surface area contributed by atoms with E-state index in [1.165, 1.54) is 11.3 Å². The highest BCUT2D eigenvalue weighted by Crippen LogP contribution is 2.27. The molecular formula is C13H15NO3S. The summed E-state index contributed by atoms with van der Waals surface area (Å²) in [5.74, 6) is 1.32. The van der Waals surface area contributed by atoms with Crippen molar-refractivity contribution in [1.29, 1.82) is 0 Å². The summed E-state index contributed by atoms with van der Waals surface area (Å²) in [7, 11) is 0. The third-order valence-corrected chi connectivity index (χ3v) is 3.28. The van der Waals surface area contributed by atoms with Crippen molar-refractivity contribution in [2.75, 3.05) is 5.32 Å². The Morgan fingerprint density at radius 1 is 1.50 bits per heavy atom. The van der Waals surface area contributed by atoms with Gasteiger partial charge in [0.2, 0.25) is 5.91 Å². The number of carboxylic acid groups (broad SMARTS) is 1. The maximum atomic E-state index is 11.6. The summed E-state index contributed by atoms with van der Waals surface area (Å²) in [6.45, 7) is 1.81. The molecule has 0 aliphatic carbocycles. The largest absolute Gasteiger partial charge is 0.478 e. The van der Waals surface area contributed by atoms with Crippen LogP contribution in [0.15, 0.2) is 6.07 Å². The molecule has 0 saturated heterocycles. The van der Waals surface area contributed by atoms with Crippen LogP contribution >= 0.6 is 11.3 Å². The molecule has 1 aromatic rings. The zero-order valence-corrected chi connectivity index (χ0v) is 11.0. The molecule has 1 heterocycles. The molecule has 4 nitrogen and oxygen atoms in total. The number of nitrogens with one attached hydrogen (secondary N) is 1. The van der Waals surface area contributed by atoms with E-state index in [2.05, 4.69) is 11.2 Å². The highest BCUT2D eigenvalue weighted by molar-refractivity contribution is 7.16. The summed E-state index contributed by atoms with van der Waals surface area (Å²) in [6, 6.07) is 1.56. The Morgan fingerprint density at radius 2 is 2.22 bits per heavy atom. The third-order valence-electron chi connectivity index (χ3n) is 2.31. The first kappa shape index (κ1) is 14.3. The average Bonchev–Trinajstić information content (AvgIpc) is 2.66. The molecule has 18 heavy (non-hydrogen) atoms. The van der Waals surface area contributed by atoms with Crippen LogP contribution in [0.4, 0.5) is 5.00 Å². The molecule has 0 radical (unpaired) electrons. The Labute approximate surface area is 110 Å². The molecule has 2 N–H and O–H groups in total. The zero-order valence-electron chi connectivity index (χ0n) is 10.2. The highest BCUT2D eigenvalue weighted by atomic mass is 32.1. The van der Waals surface area contributed by atoms with Gasteiger partial charge in [0.1, 0.15) is 5.00 Å². The summed E-state index contributed by atoms with van der Waals surface area (Å²) in [6.07, 6.45) is 7.64. The lowest BCUT2D eigenvalue weighted by Crippen LogP contribution is -2.12. The molecule has 0 saturated carbocycles. The minimum absolute atomic E-state index is 0.148. The predicted molar refractivity (Wildman–Crippen MR) is 71.9 cm³/mol. The second-order valence-electron chi connectivity index (χ2n) is 3.86. The number of carbonyl (C=O) groups is 2. The Hall–Kier alpha value is -1.80. The van der Waals surface area contributed by atoms with Crippen LogP contribution in [-0.2, 0) is 4.79 Å². The molecule has 1 rings (SSSR count). The maximum absolute atomic E-state index is 11.6. The fraction of sp³-hybridized carbons (Fsp3) is 0.385. The van der Waals surface area contributed by atoms with E-state index < -0.39 is 5.97 Å². The maximum Gasteiger partial charge on any atom is 0.338 e. The quantitative estimate of drug-likeness (QED) is 0.614. The molecule has 0 aliphatic heterocycles. The fourth-order valence-electron chi connectivity index (χ4n) is 1.47. The van der Waals surface area contributed by atoms with Crippen LogP contribution in [0.5, 0.6) is 0 Å². The number of carboxylic acids is 1. The molecule has 0 aliphatic rings. The lowest BCUT2D eigenvalue weighted by atomic mass is 10.2. The smallest absolute Gasteiger partial charge is 0.338 e. The van der Waals surface area contributed by atoms with Crippen molar-refractivity contribution in [3.8, 4) is 12.3 Å². The Morgan fingerprint density at radius 3 is 2.83 bits per heavy atom. The van der Waals surface area contributed by atoms with Crippen molar-refractivity contribution < 1.29 is 14.7 Å². The van der Waals surface area contributed by atoms with Crippen LogP contribution in [0.25, 0.3) is 0 Å². The van der Waals surface area contributed by atoms with Gasteiger partial charge in [0, 0.05) is 17.7 Å². The number of thiophene rings is 1. The number of rotatable bonds is 6. The Kier molecular flexibility index (Phi) is 5.40. The minimum Gasteiger partial charge on any atom is -0.478 e. The van der Waals surface area contributed by atoms with E-state index in [4.69, 9.17) is 11.5 Å². The first-order valence-corrected chi connectivity index (χ1v) is 6.43. The van der Waals surface area contributed by atoms with Crippen molar-refractivity contribution in [2.24, 2.45) is 0 Å². The topological polar surface area (TPSA) is 66.4 Å². The summed E-state index contributed by atoms with van der Waals surface area (Å²) in [5, 5.41) is 12.0. The van der Waals surface area contributed by atoms with Gasteiger partial charge in [-0.25, -0.2) is 4.79 Å². The molecule has 1 amide bonds. The van der Waals surface area contributed by atoms with Crippen molar-refractivity contribution >= 4 is 28.2 Å². The molecule has 96 valence electrons. The van der Waals surface area contributed by atoms with E-state index in [0.717, 1.165) is 11.3 Å². The van der Waals surface area contributed by atoms with Crippen LogP contribution in [0.1, 0.15) is 40.9 Å². The standard InChI is InChI=1S/C13H15NO3S/c1-3-4-5-6-7-11(15)14-12-10(13(16)17)8-9(2)18-12/h1,8H,4-7H2,2H3,(H,14,15)(H,16,17). The number of unbranched alkanes of at least 4 members (excludes halogenated alkanes) is 2. The van der Waals surface area contributed by atoms with Gasteiger partial charge < -0.3 is 10.4 Å². The minimum atomic E-state index is -1.03. The number of hydrogen-bond donors (Lipinski definition) is 2. The van der Waals surface area contributed by atoms with Gasteiger partial charge in [-0.05, 0) is 25.8 Å². The summed E-state index contributed by atoms with van der Waals surface area (Å²) < 4.78 is 0. The number of hydrogen-bond acceptors (Lipinski definition) is 3. The Bertz CT molecular complexity index is 485. The van der Waals surface area contributed by atoms with Crippen LogP contribution in [0.3, 0.4) is 0 Å². The number of terminal acetylenes is 1. The monoisotopic (exact) mass is 265 g/mol. The van der Waals surface area contributed by atoms with E-state index in [1.807, 2.05) is 0 Å². The number of anilines is 1. The average molecular weight is 265 g/mol. The van der Waals surface area contributed by atoms with Gasteiger partial charge in [0.25, 0.3) is 0 Å². The zero-order chi connectivity index (χ0) is 13.5. The van der Waals surface area contributed by atoms with E-state index in [0.29, 0.717) is 24.3 Å². The number of carbonyl (C=O) groups excluding carboxylic acids is 1. The van der Waals surface area contributed by atoms with Crippen LogP contribution < -0.4 is 5.32 Å². The first-order chi connectivity index (χ1) is 8.54. The number of aromatic carboxylic acids is 1. The van der Waals surface area contributed by atoms with Gasteiger partial charge in [0.15, 0.2) is 0 Å². The molecule has 0 spiro atoms. The van der Waals surface area contributed by atoms with E-state index in [9.17, 15) is 9.59 Å². The second-order valence-corrected chi connectivity index (χ2v) is 5.12. The van der Waals surface area contributed by atoms with Gasteiger partial charge >= 0.3 is 5.97 Å². The summed E-state index contributed by atoms with van der Waals surface area (Å²) in [4.78, 5) is 23.4.